The first-order chi connectivity index (χ1) is 8.06. The van der Waals surface area contributed by atoms with Gasteiger partial charge in [-0.05, 0) is 37.6 Å². The van der Waals surface area contributed by atoms with Gasteiger partial charge in [0.2, 0.25) is 5.78 Å². The zero-order valence-electron chi connectivity index (χ0n) is 9.77. The Morgan fingerprint density at radius 2 is 1.71 bits per heavy atom. The van der Waals surface area contributed by atoms with Gasteiger partial charge in [0, 0.05) is 6.08 Å². The molecule has 3 nitrogen and oxygen atoms in total. The third-order valence-electron chi connectivity index (χ3n) is 2.56. The maximum atomic E-state index is 11.2. The molecule has 0 spiro atoms. The number of carbonyl (C=O) groups is 1. The molecular weight excluding hydrogens is 214 g/mol. The number of carbonyl (C=O) groups excluding carboxylic acids is 1. The number of ketones is 1. The molecule has 1 aromatic carbocycles. The van der Waals surface area contributed by atoms with E-state index in [0.717, 1.165) is 11.3 Å². The van der Waals surface area contributed by atoms with Gasteiger partial charge >= 0.3 is 0 Å². The van der Waals surface area contributed by atoms with Gasteiger partial charge in [0.15, 0.2) is 5.76 Å². The van der Waals surface area contributed by atoms with Crippen LogP contribution < -0.4 is 0 Å². The van der Waals surface area contributed by atoms with Crippen molar-refractivity contribution in [3.63, 3.8) is 0 Å². The molecule has 0 saturated carbocycles. The molecule has 1 N–H and O–H groups in total. The van der Waals surface area contributed by atoms with Crippen molar-refractivity contribution in [1.82, 2.24) is 0 Å². The van der Waals surface area contributed by atoms with Crippen LogP contribution in [0, 0.1) is 6.92 Å². The summed E-state index contributed by atoms with van der Waals surface area (Å²) in [7, 11) is 0. The summed E-state index contributed by atoms with van der Waals surface area (Å²) in [5.41, 5.74) is 3.34. The predicted octanol–water partition coefficient (Wildman–Crippen LogP) is 3.04. The monoisotopic (exact) mass is 227 g/mol. The van der Waals surface area contributed by atoms with Gasteiger partial charge in [-0.1, -0.05) is 17.7 Å². The highest BCUT2D eigenvalue weighted by Crippen LogP contribution is 2.18. The predicted molar refractivity (Wildman–Crippen MR) is 67.7 cm³/mol. The Morgan fingerprint density at radius 3 is 2.35 bits per heavy atom. The van der Waals surface area contributed by atoms with Gasteiger partial charge in [-0.2, -0.15) is 0 Å². The standard InChI is InChI=1S/C14H13NO2/c1-9-3-5-11(6-4-9)15-12-8-14(17)13(16)7-10(12)2/h3-8,17H,1-2H3/b15-12-. The summed E-state index contributed by atoms with van der Waals surface area (Å²) < 4.78 is 0. The summed E-state index contributed by atoms with van der Waals surface area (Å²) in [4.78, 5) is 15.6. The van der Waals surface area contributed by atoms with Crippen molar-refractivity contribution in [3.8, 4) is 0 Å². The Labute approximate surface area is 99.8 Å². The Kier molecular flexibility index (Phi) is 2.91. The summed E-state index contributed by atoms with van der Waals surface area (Å²) >= 11 is 0. The van der Waals surface area contributed by atoms with Crippen LogP contribution in [0.1, 0.15) is 12.5 Å². The lowest BCUT2D eigenvalue weighted by molar-refractivity contribution is -0.113. The largest absolute Gasteiger partial charge is 0.504 e. The Bertz CT molecular complexity index is 548. The maximum Gasteiger partial charge on any atom is 0.220 e. The molecule has 0 aromatic heterocycles. The maximum absolute atomic E-state index is 11.2. The van der Waals surface area contributed by atoms with Gasteiger partial charge in [-0.15, -0.1) is 0 Å². The number of allylic oxidation sites excluding steroid dienone is 3. The van der Waals surface area contributed by atoms with Crippen molar-refractivity contribution in [1.29, 1.82) is 0 Å². The molecule has 0 amide bonds. The van der Waals surface area contributed by atoms with E-state index >= 15 is 0 Å². The SMILES string of the molecule is CC1=CC(=O)C(O)=C/C1=N/c1ccc(C)cc1. The average Bonchev–Trinajstić information content (AvgIpc) is 2.29. The fourth-order valence-corrected chi connectivity index (χ4v) is 1.54. The molecule has 0 radical (unpaired) electrons. The number of nitrogens with zero attached hydrogens (tertiary/aromatic N) is 1. The smallest absolute Gasteiger partial charge is 0.220 e. The summed E-state index contributed by atoms with van der Waals surface area (Å²) in [6.45, 7) is 3.81. The molecule has 1 aliphatic carbocycles. The number of aliphatic hydroxyl groups is 1. The first-order valence-corrected chi connectivity index (χ1v) is 5.35. The molecule has 86 valence electrons. The van der Waals surface area contributed by atoms with Crippen molar-refractivity contribution in [2.24, 2.45) is 4.99 Å². The number of rotatable bonds is 1. The van der Waals surface area contributed by atoms with E-state index in [1.165, 1.54) is 17.7 Å². The first-order valence-electron chi connectivity index (χ1n) is 5.35. The molecule has 2 rings (SSSR count). The fraction of sp³-hybridized carbons (Fsp3) is 0.143. The lowest BCUT2D eigenvalue weighted by Crippen LogP contribution is -2.11. The minimum Gasteiger partial charge on any atom is -0.504 e. The number of benzene rings is 1. The van der Waals surface area contributed by atoms with Crippen LogP contribution in [0.2, 0.25) is 0 Å². The second kappa shape index (κ2) is 4.37. The quantitative estimate of drug-likeness (QED) is 0.749. The van der Waals surface area contributed by atoms with Crippen molar-refractivity contribution >= 4 is 17.2 Å². The van der Waals surface area contributed by atoms with Gasteiger partial charge in [0.05, 0.1) is 11.4 Å². The molecule has 3 heteroatoms. The zero-order chi connectivity index (χ0) is 12.4. The van der Waals surface area contributed by atoms with E-state index in [9.17, 15) is 9.90 Å². The number of aliphatic imine (C=N–C) groups is 1. The molecule has 0 atom stereocenters. The van der Waals surface area contributed by atoms with Crippen molar-refractivity contribution in [3.05, 3.63) is 53.3 Å². The number of hydrogen-bond donors (Lipinski definition) is 1. The van der Waals surface area contributed by atoms with Crippen molar-refractivity contribution in [2.75, 3.05) is 0 Å². The van der Waals surface area contributed by atoms with Crippen LogP contribution in [0.3, 0.4) is 0 Å². The van der Waals surface area contributed by atoms with Crippen molar-refractivity contribution < 1.29 is 9.90 Å². The van der Waals surface area contributed by atoms with E-state index in [1.54, 1.807) is 6.92 Å². The molecule has 0 aliphatic heterocycles. The molecule has 0 bridgehead atoms. The summed E-state index contributed by atoms with van der Waals surface area (Å²) in [6.07, 6.45) is 2.79. The molecular formula is C14H13NO2. The Balaban J connectivity index is 2.37. The van der Waals surface area contributed by atoms with E-state index in [1.807, 2.05) is 31.2 Å². The molecule has 1 aliphatic rings. The Morgan fingerprint density at radius 1 is 1.06 bits per heavy atom. The van der Waals surface area contributed by atoms with Crippen LogP contribution in [-0.2, 0) is 4.79 Å². The summed E-state index contributed by atoms with van der Waals surface area (Å²) in [5, 5.41) is 9.37. The molecule has 0 saturated heterocycles. The van der Waals surface area contributed by atoms with Crippen LogP contribution in [0.4, 0.5) is 5.69 Å². The van der Waals surface area contributed by atoms with Crippen LogP contribution >= 0.6 is 0 Å². The number of aliphatic hydroxyl groups excluding tert-OH is 1. The van der Waals surface area contributed by atoms with E-state index in [4.69, 9.17) is 0 Å². The second-order valence-corrected chi connectivity index (χ2v) is 4.05. The highest BCUT2D eigenvalue weighted by atomic mass is 16.3. The molecule has 0 unspecified atom stereocenters. The summed E-state index contributed by atoms with van der Waals surface area (Å²) in [6, 6.07) is 7.74. The highest BCUT2D eigenvalue weighted by Gasteiger charge is 2.14. The van der Waals surface area contributed by atoms with Gasteiger partial charge in [0.1, 0.15) is 0 Å². The van der Waals surface area contributed by atoms with E-state index in [2.05, 4.69) is 4.99 Å². The molecule has 17 heavy (non-hydrogen) atoms. The first kappa shape index (κ1) is 11.3. The van der Waals surface area contributed by atoms with Gasteiger partial charge in [-0.3, -0.25) is 4.79 Å². The normalized spacial score (nSPS) is 18.0. The third-order valence-corrected chi connectivity index (χ3v) is 2.56. The zero-order valence-corrected chi connectivity index (χ0v) is 9.77. The average molecular weight is 227 g/mol. The minimum atomic E-state index is -0.370. The van der Waals surface area contributed by atoms with E-state index in [0.29, 0.717) is 5.71 Å². The second-order valence-electron chi connectivity index (χ2n) is 4.05. The lowest BCUT2D eigenvalue weighted by atomic mass is 10.0. The fourth-order valence-electron chi connectivity index (χ4n) is 1.54. The molecule has 0 fully saturated rings. The topological polar surface area (TPSA) is 49.7 Å². The van der Waals surface area contributed by atoms with Gasteiger partial charge < -0.3 is 5.11 Å². The van der Waals surface area contributed by atoms with E-state index < -0.39 is 0 Å². The number of aryl methyl sites for hydroxylation is 1. The van der Waals surface area contributed by atoms with Crippen molar-refractivity contribution in [2.45, 2.75) is 13.8 Å². The minimum absolute atomic E-state index is 0.263. The van der Waals surface area contributed by atoms with Crippen LogP contribution in [0.15, 0.2) is 52.7 Å². The van der Waals surface area contributed by atoms with E-state index in [-0.39, 0.29) is 11.5 Å². The molecule has 1 aromatic rings. The summed E-state index contributed by atoms with van der Waals surface area (Å²) in [5.74, 6) is -0.633. The number of hydrogen-bond acceptors (Lipinski definition) is 3. The van der Waals surface area contributed by atoms with Crippen LogP contribution in [0.25, 0.3) is 0 Å². The highest BCUT2D eigenvalue weighted by molar-refractivity contribution is 6.21. The van der Waals surface area contributed by atoms with Crippen LogP contribution in [-0.4, -0.2) is 16.6 Å². The Hall–Kier alpha value is -2.16. The lowest BCUT2D eigenvalue weighted by Gasteiger charge is -2.08. The molecule has 0 heterocycles. The van der Waals surface area contributed by atoms with Gasteiger partial charge in [-0.25, -0.2) is 4.99 Å². The van der Waals surface area contributed by atoms with Crippen LogP contribution in [0.5, 0.6) is 0 Å². The third kappa shape index (κ3) is 2.50. The van der Waals surface area contributed by atoms with Gasteiger partial charge in [0.25, 0.3) is 0 Å².